The summed E-state index contributed by atoms with van der Waals surface area (Å²) in [6.45, 7) is 0. The van der Waals surface area contributed by atoms with Crippen LogP contribution >= 0.6 is 0 Å². The monoisotopic (exact) mass is 281 g/mol. The molecule has 2 N–H and O–H groups in total. The number of carbonyl (C=O) groups is 1. The van der Waals surface area contributed by atoms with E-state index in [-0.39, 0.29) is 5.56 Å². The van der Waals surface area contributed by atoms with Crippen molar-refractivity contribution < 1.29 is 23.2 Å². The molecule has 0 unspecified atom stereocenters. The lowest BCUT2D eigenvalue weighted by molar-refractivity contribution is -0.137. The molecular weight excluding hydrogens is 271 g/mol. The molecule has 2 rings (SSSR count). The maximum atomic E-state index is 12.6. The predicted octanol–water partition coefficient (Wildman–Crippen LogP) is 3.49. The Bertz CT molecular complexity index is 621. The van der Waals surface area contributed by atoms with E-state index in [1.54, 1.807) is 6.07 Å². The second-order valence-corrected chi connectivity index (χ2v) is 4.10. The summed E-state index contributed by atoms with van der Waals surface area (Å²) in [5.41, 5.74) is 1.91. The van der Waals surface area contributed by atoms with Crippen LogP contribution in [0.15, 0.2) is 48.5 Å². The van der Waals surface area contributed by atoms with E-state index >= 15 is 0 Å². The number of hydroxylamine groups is 1. The number of carbonyl (C=O) groups excluding carboxylic acids is 1. The van der Waals surface area contributed by atoms with Gasteiger partial charge in [-0.25, -0.2) is 5.48 Å². The standard InChI is InChI=1S/C14H10F3NO2/c15-14(16,17)12-3-1-2-11(8-12)9-4-6-10(7-5-9)13(19)18-20/h1-8,20H,(H,18,19). The molecule has 0 aliphatic rings. The predicted molar refractivity (Wildman–Crippen MR) is 66.1 cm³/mol. The van der Waals surface area contributed by atoms with Crippen LogP contribution in [0.1, 0.15) is 15.9 Å². The average Bonchev–Trinajstić information content (AvgIpc) is 2.46. The van der Waals surface area contributed by atoms with Crippen LogP contribution in [0, 0.1) is 0 Å². The number of benzene rings is 2. The number of nitrogens with one attached hydrogen (secondary N) is 1. The minimum atomic E-state index is -4.40. The molecule has 0 radical (unpaired) electrons. The Balaban J connectivity index is 2.35. The molecule has 0 saturated carbocycles. The van der Waals surface area contributed by atoms with Gasteiger partial charge in [-0.3, -0.25) is 10.0 Å². The number of halogens is 3. The Morgan fingerprint density at radius 2 is 1.65 bits per heavy atom. The van der Waals surface area contributed by atoms with Gasteiger partial charge < -0.3 is 0 Å². The molecule has 3 nitrogen and oxygen atoms in total. The third-order valence-corrected chi connectivity index (χ3v) is 2.77. The molecule has 2 aromatic carbocycles. The van der Waals surface area contributed by atoms with Gasteiger partial charge in [0.1, 0.15) is 0 Å². The van der Waals surface area contributed by atoms with Crippen LogP contribution < -0.4 is 5.48 Å². The minimum Gasteiger partial charge on any atom is -0.288 e. The van der Waals surface area contributed by atoms with E-state index in [0.717, 1.165) is 12.1 Å². The summed E-state index contributed by atoms with van der Waals surface area (Å²) in [4.78, 5) is 11.1. The van der Waals surface area contributed by atoms with Gasteiger partial charge in [-0.1, -0.05) is 24.3 Å². The number of amides is 1. The molecular formula is C14H10F3NO2. The zero-order valence-corrected chi connectivity index (χ0v) is 10.1. The molecule has 6 heteroatoms. The zero-order chi connectivity index (χ0) is 14.8. The first-order valence-electron chi connectivity index (χ1n) is 5.64. The molecule has 104 valence electrons. The van der Waals surface area contributed by atoms with Gasteiger partial charge in [-0.2, -0.15) is 13.2 Å². The van der Waals surface area contributed by atoms with Gasteiger partial charge in [0.15, 0.2) is 0 Å². The zero-order valence-electron chi connectivity index (χ0n) is 10.1. The van der Waals surface area contributed by atoms with E-state index in [0.29, 0.717) is 11.1 Å². The Morgan fingerprint density at radius 3 is 2.20 bits per heavy atom. The highest BCUT2D eigenvalue weighted by atomic mass is 19.4. The molecule has 0 atom stereocenters. The average molecular weight is 281 g/mol. The van der Waals surface area contributed by atoms with Crippen LogP contribution in [0.5, 0.6) is 0 Å². The topological polar surface area (TPSA) is 49.3 Å². The van der Waals surface area contributed by atoms with Gasteiger partial charge in [-0.15, -0.1) is 0 Å². The number of alkyl halides is 3. The van der Waals surface area contributed by atoms with E-state index in [2.05, 4.69) is 0 Å². The van der Waals surface area contributed by atoms with E-state index in [9.17, 15) is 18.0 Å². The van der Waals surface area contributed by atoms with Crippen molar-refractivity contribution >= 4 is 5.91 Å². The number of hydrogen-bond donors (Lipinski definition) is 2. The number of hydrogen-bond acceptors (Lipinski definition) is 2. The summed E-state index contributed by atoms with van der Waals surface area (Å²) < 4.78 is 37.9. The molecule has 0 aromatic heterocycles. The van der Waals surface area contributed by atoms with Crippen LogP contribution in [0.3, 0.4) is 0 Å². The summed E-state index contributed by atoms with van der Waals surface area (Å²) >= 11 is 0. The van der Waals surface area contributed by atoms with Crippen molar-refractivity contribution in [3.05, 3.63) is 59.7 Å². The lowest BCUT2D eigenvalue weighted by atomic mass is 10.0. The maximum Gasteiger partial charge on any atom is 0.416 e. The quantitative estimate of drug-likeness (QED) is 0.654. The summed E-state index contributed by atoms with van der Waals surface area (Å²) in [5, 5.41) is 8.48. The summed E-state index contributed by atoms with van der Waals surface area (Å²) in [5.74, 6) is -0.680. The minimum absolute atomic E-state index is 0.211. The highest BCUT2D eigenvalue weighted by molar-refractivity contribution is 5.93. The first kappa shape index (κ1) is 14.1. The fourth-order valence-corrected chi connectivity index (χ4v) is 1.75. The molecule has 1 amide bonds. The first-order valence-corrected chi connectivity index (χ1v) is 5.64. The molecule has 0 heterocycles. The van der Waals surface area contributed by atoms with Crippen molar-refractivity contribution in [1.29, 1.82) is 0 Å². The van der Waals surface area contributed by atoms with Gasteiger partial charge in [0.25, 0.3) is 5.91 Å². The lowest BCUT2D eigenvalue weighted by Crippen LogP contribution is -2.18. The Kier molecular flexibility index (Phi) is 3.76. The van der Waals surface area contributed by atoms with Gasteiger partial charge >= 0.3 is 6.18 Å². The molecule has 0 bridgehead atoms. The molecule has 0 aliphatic heterocycles. The van der Waals surface area contributed by atoms with Crippen molar-refractivity contribution in [1.82, 2.24) is 5.48 Å². The van der Waals surface area contributed by atoms with Crippen LogP contribution in [0.2, 0.25) is 0 Å². The van der Waals surface area contributed by atoms with Crippen molar-refractivity contribution in [2.24, 2.45) is 0 Å². The molecule has 0 fully saturated rings. The Labute approximate surface area is 112 Å². The van der Waals surface area contributed by atoms with Gasteiger partial charge in [0.05, 0.1) is 5.56 Å². The van der Waals surface area contributed by atoms with Crippen LogP contribution in [-0.2, 0) is 6.18 Å². The second kappa shape index (κ2) is 5.34. The van der Waals surface area contributed by atoms with Crippen molar-refractivity contribution in [2.75, 3.05) is 0 Å². The van der Waals surface area contributed by atoms with Gasteiger partial charge in [0, 0.05) is 5.56 Å². The maximum absolute atomic E-state index is 12.6. The third-order valence-electron chi connectivity index (χ3n) is 2.77. The van der Waals surface area contributed by atoms with Crippen molar-refractivity contribution in [3.8, 4) is 11.1 Å². The fraction of sp³-hybridized carbons (Fsp3) is 0.0714. The van der Waals surface area contributed by atoms with Crippen LogP contribution in [0.4, 0.5) is 13.2 Å². The molecule has 2 aromatic rings. The summed E-state index contributed by atoms with van der Waals surface area (Å²) in [7, 11) is 0. The summed E-state index contributed by atoms with van der Waals surface area (Å²) in [6.07, 6.45) is -4.40. The van der Waals surface area contributed by atoms with Crippen molar-refractivity contribution in [2.45, 2.75) is 6.18 Å². The SMILES string of the molecule is O=C(NO)c1ccc(-c2cccc(C(F)(F)F)c2)cc1. The van der Waals surface area contributed by atoms with E-state index in [4.69, 9.17) is 5.21 Å². The molecule has 0 aliphatic carbocycles. The van der Waals surface area contributed by atoms with Crippen LogP contribution in [-0.4, -0.2) is 11.1 Å². The normalized spacial score (nSPS) is 11.2. The first-order chi connectivity index (χ1) is 9.41. The Hall–Kier alpha value is -2.34. The van der Waals surface area contributed by atoms with Crippen molar-refractivity contribution in [3.63, 3.8) is 0 Å². The fourth-order valence-electron chi connectivity index (χ4n) is 1.75. The van der Waals surface area contributed by atoms with Crippen LogP contribution in [0.25, 0.3) is 11.1 Å². The highest BCUT2D eigenvalue weighted by Crippen LogP contribution is 2.32. The van der Waals surface area contributed by atoms with E-state index in [1.165, 1.54) is 35.8 Å². The third kappa shape index (κ3) is 2.97. The van der Waals surface area contributed by atoms with Gasteiger partial charge in [-0.05, 0) is 35.4 Å². The number of rotatable bonds is 2. The van der Waals surface area contributed by atoms with E-state index < -0.39 is 17.6 Å². The smallest absolute Gasteiger partial charge is 0.288 e. The van der Waals surface area contributed by atoms with Gasteiger partial charge in [0.2, 0.25) is 0 Å². The lowest BCUT2D eigenvalue weighted by Gasteiger charge is -2.09. The van der Waals surface area contributed by atoms with E-state index in [1.807, 2.05) is 0 Å². The molecule has 0 spiro atoms. The molecule has 20 heavy (non-hydrogen) atoms. The molecule has 0 saturated heterocycles. The summed E-state index contributed by atoms with van der Waals surface area (Å²) in [6, 6.07) is 10.8. The highest BCUT2D eigenvalue weighted by Gasteiger charge is 2.30. The second-order valence-electron chi connectivity index (χ2n) is 4.10. The largest absolute Gasteiger partial charge is 0.416 e. The Morgan fingerprint density at radius 1 is 1.00 bits per heavy atom.